The standard InChI is InChI=1S/C12H14O2/c1-3-9-4-5-12-10(6-9)8(2)11(13)7-14-12/h4-6,13H,3,7H2,1-2H3. The zero-order chi connectivity index (χ0) is 10.1. The lowest BCUT2D eigenvalue weighted by Gasteiger charge is -2.19. The molecule has 14 heavy (non-hydrogen) atoms. The number of aliphatic hydroxyl groups excluding tert-OH is 1. The minimum atomic E-state index is 0.296. The molecule has 1 heterocycles. The topological polar surface area (TPSA) is 29.5 Å². The molecule has 0 amide bonds. The first-order valence-electron chi connectivity index (χ1n) is 4.87. The Morgan fingerprint density at radius 1 is 1.43 bits per heavy atom. The third kappa shape index (κ3) is 1.37. The zero-order valence-electron chi connectivity index (χ0n) is 8.50. The summed E-state index contributed by atoms with van der Waals surface area (Å²) in [6.45, 7) is 4.34. The molecule has 0 fully saturated rings. The molecular weight excluding hydrogens is 176 g/mol. The molecule has 0 aliphatic carbocycles. The second-order valence-corrected chi connectivity index (χ2v) is 3.54. The zero-order valence-corrected chi connectivity index (χ0v) is 8.50. The summed E-state index contributed by atoms with van der Waals surface area (Å²) in [5, 5.41) is 9.54. The van der Waals surface area contributed by atoms with Crippen molar-refractivity contribution in [3.05, 3.63) is 35.1 Å². The SMILES string of the molecule is CCc1ccc2c(c1)C(C)=C(O)CO2. The van der Waals surface area contributed by atoms with Crippen molar-refractivity contribution >= 4 is 5.57 Å². The fourth-order valence-electron chi connectivity index (χ4n) is 1.63. The van der Waals surface area contributed by atoms with Crippen LogP contribution >= 0.6 is 0 Å². The Kier molecular flexibility index (Phi) is 2.20. The minimum Gasteiger partial charge on any atom is -0.508 e. The van der Waals surface area contributed by atoms with E-state index < -0.39 is 0 Å². The Balaban J connectivity index is 2.54. The largest absolute Gasteiger partial charge is 0.508 e. The quantitative estimate of drug-likeness (QED) is 0.737. The average molecular weight is 190 g/mol. The monoisotopic (exact) mass is 190 g/mol. The van der Waals surface area contributed by atoms with Crippen LogP contribution in [0.15, 0.2) is 24.0 Å². The molecule has 0 saturated carbocycles. The Morgan fingerprint density at radius 2 is 2.21 bits per heavy atom. The lowest BCUT2D eigenvalue weighted by atomic mass is 9.99. The van der Waals surface area contributed by atoms with Gasteiger partial charge in [-0.05, 0) is 31.0 Å². The van der Waals surface area contributed by atoms with Crippen LogP contribution in [0.25, 0.3) is 5.57 Å². The van der Waals surface area contributed by atoms with Crippen molar-refractivity contribution < 1.29 is 9.84 Å². The van der Waals surface area contributed by atoms with E-state index >= 15 is 0 Å². The van der Waals surface area contributed by atoms with E-state index in [9.17, 15) is 5.11 Å². The van der Waals surface area contributed by atoms with Crippen LogP contribution in [0.1, 0.15) is 25.0 Å². The third-order valence-corrected chi connectivity index (χ3v) is 2.65. The van der Waals surface area contributed by atoms with Crippen LogP contribution in [-0.2, 0) is 6.42 Å². The number of aliphatic hydroxyl groups is 1. The first-order chi connectivity index (χ1) is 6.72. The van der Waals surface area contributed by atoms with Gasteiger partial charge < -0.3 is 9.84 Å². The maximum absolute atomic E-state index is 9.54. The van der Waals surface area contributed by atoms with E-state index in [1.165, 1.54) is 5.56 Å². The summed E-state index contributed by atoms with van der Waals surface area (Å²) in [7, 11) is 0. The van der Waals surface area contributed by atoms with Crippen LogP contribution in [0.5, 0.6) is 5.75 Å². The number of benzene rings is 1. The van der Waals surface area contributed by atoms with E-state index in [2.05, 4.69) is 19.1 Å². The number of allylic oxidation sites excluding steroid dienone is 1. The molecule has 1 aromatic rings. The van der Waals surface area contributed by atoms with Gasteiger partial charge in [-0.3, -0.25) is 0 Å². The summed E-state index contributed by atoms with van der Waals surface area (Å²) in [6, 6.07) is 6.12. The van der Waals surface area contributed by atoms with E-state index in [0.29, 0.717) is 12.4 Å². The summed E-state index contributed by atoms with van der Waals surface area (Å²) in [5.74, 6) is 1.21. The van der Waals surface area contributed by atoms with Gasteiger partial charge in [-0.25, -0.2) is 0 Å². The number of rotatable bonds is 1. The smallest absolute Gasteiger partial charge is 0.145 e. The van der Waals surface area contributed by atoms with Gasteiger partial charge in [-0.15, -0.1) is 0 Å². The van der Waals surface area contributed by atoms with Crippen molar-refractivity contribution in [2.75, 3.05) is 6.61 Å². The van der Waals surface area contributed by atoms with Crippen molar-refractivity contribution in [2.24, 2.45) is 0 Å². The molecular formula is C12H14O2. The third-order valence-electron chi connectivity index (χ3n) is 2.65. The van der Waals surface area contributed by atoms with Gasteiger partial charge in [-0.1, -0.05) is 13.0 Å². The molecule has 0 bridgehead atoms. The minimum absolute atomic E-state index is 0.296. The Morgan fingerprint density at radius 3 is 2.93 bits per heavy atom. The highest BCUT2D eigenvalue weighted by molar-refractivity contribution is 5.72. The van der Waals surface area contributed by atoms with E-state index in [1.807, 2.05) is 13.0 Å². The normalized spacial score (nSPS) is 15.0. The molecule has 0 atom stereocenters. The summed E-state index contributed by atoms with van der Waals surface area (Å²) in [4.78, 5) is 0. The first-order valence-corrected chi connectivity index (χ1v) is 4.87. The van der Waals surface area contributed by atoms with E-state index in [0.717, 1.165) is 23.3 Å². The second-order valence-electron chi connectivity index (χ2n) is 3.54. The molecule has 0 aromatic heterocycles. The number of aryl methyl sites for hydroxylation is 1. The predicted molar refractivity (Wildman–Crippen MR) is 56.5 cm³/mol. The van der Waals surface area contributed by atoms with Crippen molar-refractivity contribution in [1.29, 1.82) is 0 Å². The molecule has 1 aliphatic rings. The highest BCUT2D eigenvalue weighted by Crippen LogP contribution is 2.32. The summed E-state index contributed by atoms with van der Waals surface area (Å²) in [5.41, 5.74) is 3.22. The molecule has 2 heteroatoms. The van der Waals surface area contributed by atoms with Crippen LogP contribution in [0.4, 0.5) is 0 Å². The summed E-state index contributed by atoms with van der Waals surface area (Å²) >= 11 is 0. The van der Waals surface area contributed by atoms with Gasteiger partial charge in [0.2, 0.25) is 0 Å². The van der Waals surface area contributed by atoms with Crippen molar-refractivity contribution in [3.8, 4) is 5.75 Å². The Bertz CT molecular complexity index is 391. The lowest BCUT2D eigenvalue weighted by Crippen LogP contribution is -2.10. The van der Waals surface area contributed by atoms with Gasteiger partial charge in [-0.2, -0.15) is 0 Å². The van der Waals surface area contributed by atoms with Crippen molar-refractivity contribution in [3.63, 3.8) is 0 Å². The van der Waals surface area contributed by atoms with Crippen LogP contribution in [0.2, 0.25) is 0 Å². The van der Waals surface area contributed by atoms with Gasteiger partial charge in [0.05, 0.1) is 0 Å². The number of fused-ring (bicyclic) bond motifs is 1. The van der Waals surface area contributed by atoms with Crippen LogP contribution in [-0.4, -0.2) is 11.7 Å². The summed E-state index contributed by atoms with van der Waals surface area (Å²) in [6.07, 6.45) is 1.00. The molecule has 74 valence electrons. The molecule has 0 unspecified atom stereocenters. The van der Waals surface area contributed by atoms with E-state index in [1.54, 1.807) is 0 Å². The van der Waals surface area contributed by atoms with Gasteiger partial charge in [0, 0.05) is 11.1 Å². The van der Waals surface area contributed by atoms with Gasteiger partial charge in [0.1, 0.15) is 18.1 Å². The van der Waals surface area contributed by atoms with Crippen LogP contribution < -0.4 is 4.74 Å². The molecule has 2 nitrogen and oxygen atoms in total. The van der Waals surface area contributed by atoms with Crippen LogP contribution in [0, 0.1) is 0 Å². The maximum Gasteiger partial charge on any atom is 0.145 e. The van der Waals surface area contributed by atoms with Gasteiger partial charge in [0.25, 0.3) is 0 Å². The number of ether oxygens (including phenoxy) is 1. The number of hydrogen-bond donors (Lipinski definition) is 1. The fraction of sp³-hybridized carbons (Fsp3) is 0.333. The average Bonchev–Trinajstić information content (AvgIpc) is 2.23. The Labute approximate surface area is 83.8 Å². The van der Waals surface area contributed by atoms with E-state index in [-0.39, 0.29) is 0 Å². The molecule has 0 spiro atoms. The Hall–Kier alpha value is -1.44. The molecule has 0 saturated heterocycles. The number of hydrogen-bond acceptors (Lipinski definition) is 2. The van der Waals surface area contributed by atoms with Gasteiger partial charge in [0.15, 0.2) is 0 Å². The predicted octanol–water partition coefficient (Wildman–Crippen LogP) is 2.93. The molecule has 1 aliphatic heterocycles. The first kappa shape index (κ1) is 9.13. The van der Waals surface area contributed by atoms with Crippen molar-refractivity contribution in [1.82, 2.24) is 0 Å². The van der Waals surface area contributed by atoms with Gasteiger partial charge >= 0.3 is 0 Å². The maximum atomic E-state index is 9.54. The lowest BCUT2D eigenvalue weighted by molar-refractivity contribution is 0.264. The molecule has 1 aromatic carbocycles. The molecule has 2 rings (SSSR count). The summed E-state index contributed by atoms with van der Waals surface area (Å²) < 4.78 is 5.40. The highest BCUT2D eigenvalue weighted by Gasteiger charge is 2.16. The fourth-order valence-corrected chi connectivity index (χ4v) is 1.63. The highest BCUT2D eigenvalue weighted by atomic mass is 16.5. The second kappa shape index (κ2) is 3.37. The molecule has 0 radical (unpaired) electrons. The molecule has 1 N–H and O–H groups in total. The van der Waals surface area contributed by atoms with Crippen LogP contribution in [0.3, 0.4) is 0 Å². The van der Waals surface area contributed by atoms with E-state index in [4.69, 9.17) is 4.74 Å². The van der Waals surface area contributed by atoms with Crippen molar-refractivity contribution in [2.45, 2.75) is 20.3 Å².